The molecule has 1 aliphatic heterocycles. The van der Waals surface area contributed by atoms with Gasteiger partial charge in [-0.1, -0.05) is 13.3 Å². The molecule has 2 heterocycles. The first kappa shape index (κ1) is 20.6. The highest BCUT2D eigenvalue weighted by Crippen LogP contribution is 2.43. The first-order valence-electron chi connectivity index (χ1n) is 9.87. The molecule has 0 unspecified atom stereocenters. The zero-order valence-electron chi connectivity index (χ0n) is 17.8. The molecule has 0 N–H and O–H groups in total. The first-order chi connectivity index (χ1) is 15.0. The van der Waals surface area contributed by atoms with Gasteiger partial charge in [-0.2, -0.15) is 0 Å². The summed E-state index contributed by atoms with van der Waals surface area (Å²) in [6.45, 7) is 2.14. The van der Waals surface area contributed by atoms with Gasteiger partial charge in [-0.25, -0.2) is 4.79 Å². The monoisotopic (exact) mass is 425 g/mol. The van der Waals surface area contributed by atoms with E-state index in [1.54, 1.807) is 31.3 Å². The molecule has 8 heteroatoms. The highest BCUT2D eigenvalue weighted by molar-refractivity contribution is 6.12. The standard InChI is InChI=1S/C23H23NO7/c1-5-6-13-10-19(25)31-22-20(13)17(27-3)11-18(28-4)21(22)24(2)23(26)14-7-8-15-16(9-14)30-12-29-15/h7-11H,5-6,12H2,1-4H3. The molecule has 2 aromatic carbocycles. The van der Waals surface area contributed by atoms with Gasteiger partial charge in [0.05, 0.1) is 19.6 Å². The van der Waals surface area contributed by atoms with Gasteiger partial charge in [0.25, 0.3) is 5.91 Å². The third-order valence-electron chi connectivity index (χ3n) is 5.22. The lowest BCUT2D eigenvalue weighted by atomic mass is 10.0. The number of hydrogen-bond acceptors (Lipinski definition) is 7. The van der Waals surface area contributed by atoms with Crippen LogP contribution in [0.4, 0.5) is 5.69 Å². The third kappa shape index (κ3) is 3.54. The molecule has 1 aromatic heterocycles. The molecule has 0 saturated heterocycles. The van der Waals surface area contributed by atoms with E-state index in [4.69, 9.17) is 23.4 Å². The summed E-state index contributed by atoms with van der Waals surface area (Å²) in [6, 6.07) is 8.12. The second kappa shape index (κ2) is 8.22. The van der Waals surface area contributed by atoms with Crippen LogP contribution >= 0.6 is 0 Å². The summed E-state index contributed by atoms with van der Waals surface area (Å²) in [7, 11) is 4.62. The van der Waals surface area contributed by atoms with Crippen LogP contribution in [0.1, 0.15) is 29.3 Å². The normalized spacial score (nSPS) is 12.1. The minimum atomic E-state index is -0.503. The summed E-state index contributed by atoms with van der Waals surface area (Å²) < 4.78 is 27.4. The van der Waals surface area contributed by atoms with Crippen molar-refractivity contribution in [1.29, 1.82) is 0 Å². The number of ether oxygens (including phenoxy) is 4. The summed E-state index contributed by atoms with van der Waals surface area (Å²) in [4.78, 5) is 27.1. The maximum atomic E-state index is 13.3. The molecule has 0 radical (unpaired) electrons. The molecule has 0 aliphatic carbocycles. The average molecular weight is 425 g/mol. The van der Waals surface area contributed by atoms with Crippen molar-refractivity contribution in [2.24, 2.45) is 0 Å². The minimum absolute atomic E-state index is 0.116. The maximum Gasteiger partial charge on any atom is 0.336 e. The van der Waals surface area contributed by atoms with Gasteiger partial charge >= 0.3 is 5.63 Å². The third-order valence-corrected chi connectivity index (χ3v) is 5.22. The summed E-state index contributed by atoms with van der Waals surface area (Å²) in [5.41, 5.74) is 1.26. The molecule has 0 bridgehead atoms. The van der Waals surface area contributed by atoms with E-state index in [9.17, 15) is 9.59 Å². The lowest BCUT2D eigenvalue weighted by Crippen LogP contribution is -2.27. The van der Waals surface area contributed by atoms with Gasteiger partial charge in [-0.05, 0) is 30.2 Å². The Hall–Kier alpha value is -3.68. The van der Waals surface area contributed by atoms with Gasteiger partial charge in [0.15, 0.2) is 17.1 Å². The van der Waals surface area contributed by atoms with E-state index in [-0.39, 0.29) is 18.3 Å². The van der Waals surface area contributed by atoms with E-state index >= 15 is 0 Å². The second-order valence-electron chi connectivity index (χ2n) is 7.11. The number of rotatable bonds is 6. The van der Waals surface area contributed by atoms with Gasteiger partial charge in [0.1, 0.15) is 17.2 Å². The molecule has 4 rings (SSSR count). The number of aryl methyl sites for hydroxylation is 1. The Kier molecular flexibility index (Phi) is 5.46. The number of amides is 1. The van der Waals surface area contributed by atoms with Gasteiger partial charge in [-0.15, -0.1) is 0 Å². The Labute approximate surface area is 178 Å². The van der Waals surface area contributed by atoms with Gasteiger partial charge in [0.2, 0.25) is 6.79 Å². The number of carbonyl (C=O) groups is 1. The number of anilines is 1. The van der Waals surface area contributed by atoms with Crippen LogP contribution < -0.4 is 29.5 Å². The smallest absolute Gasteiger partial charge is 0.336 e. The molecule has 0 atom stereocenters. The SMILES string of the molecule is CCCc1cc(=O)oc2c(N(C)C(=O)c3ccc4c(c3)OCO4)c(OC)cc(OC)c12. The molecule has 0 saturated carbocycles. The van der Waals surface area contributed by atoms with Crippen LogP contribution in [0.2, 0.25) is 0 Å². The largest absolute Gasteiger partial charge is 0.496 e. The highest BCUT2D eigenvalue weighted by Gasteiger charge is 2.27. The molecule has 3 aromatic rings. The van der Waals surface area contributed by atoms with Crippen LogP contribution in [0.15, 0.2) is 39.5 Å². The first-order valence-corrected chi connectivity index (χ1v) is 9.87. The van der Waals surface area contributed by atoms with Crippen molar-refractivity contribution in [3.05, 3.63) is 51.9 Å². The fourth-order valence-corrected chi connectivity index (χ4v) is 3.78. The van der Waals surface area contributed by atoms with Gasteiger partial charge in [0, 0.05) is 24.7 Å². The Bertz CT molecular complexity index is 1210. The quantitative estimate of drug-likeness (QED) is 0.556. The van der Waals surface area contributed by atoms with Crippen LogP contribution in [0.5, 0.6) is 23.0 Å². The Morgan fingerprint density at radius 1 is 1.06 bits per heavy atom. The number of nitrogens with zero attached hydrogens (tertiary/aromatic N) is 1. The summed E-state index contributed by atoms with van der Waals surface area (Å²) >= 11 is 0. The van der Waals surface area contributed by atoms with Crippen molar-refractivity contribution in [1.82, 2.24) is 0 Å². The fourth-order valence-electron chi connectivity index (χ4n) is 3.78. The van der Waals surface area contributed by atoms with Crippen LogP contribution in [0.3, 0.4) is 0 Å². The van der Waals surface area contributed by atoms with E-state index in [1.165, 1.54) is 25.2 Å². The molecule has 1 amide bonds. The molecule has 8 nitrogen and oxygen atoms in total. The zero-order chi connectivity index (χ0) is 22.1. The average Bonchev–Trinajstić information content (AvgIpc) is 3.24. The van der Waals surface area contributed by atoms with Gasteiger partial charge < -0.3 is 28.3 Å². The summed E-state index contributed by atoms with van der Waals surface area (Å²) in [5, 5.41) is 0.644. The van der Waals surface area contributed by atoms with Crippen molar-refractivity contribution in [2.75, 3.05) is 33.0 Å². The molecule has 162 valence electrons. The predicted octanol–water partition coefficient (Wildman–Crippen LogP) is 3.77. The van der Waals surface area contributed by atoms with E-state index in [0.717, 1.165) is 12.0 Å². The topological polar surface area (TPSA) is 87.4 Å². The lowest BCUT2D eigenvalue weighted by Gasteiger charge is -2.23. The second-order valence-corrected chi connectivity index (χ2v) is 7.11. The van der Waals surface area contributed by atoms with Crippen molar-refractivity contribution < 1.29 is 28.2 Å². The van der Waals surface area contributed by atoms with E-state index < -0.39 is 5.63 Å². The molecule has 0 fully saturated rings. The number of hydrogen-bond donors (Lipinski definition) is 0. The van der Waals surface area contributed by atoms with Crippen molar-refractivity contribution in [3.63, 3.8) is 0 Å². The molecular formula is C23H23NO7. The van der Waals surface area contributed by atoms with Crippen LogP contribution in [0.25, 0.3) is 11.0 Å². The predicted molar refractivity (Wildman–Crippen MR) is 115 cm³/mol. The minimum Gasteiger partial charge on any atom is -0.496 e. The van der Waals surface area contributed by atoms with Crippen molar-refractivity contribution in [2.45, 2.75) is 19.8 Å². The Morgan fingerprint density at radius 3 is 2.52 bits per heavy atom. The van der Waals surface area contributed by atoms with Crippen LogP contribution in [-0.4, -0.2) is 34.0 Å². The van der Waals surface area contributed by atoms with E-state index in [0.29, 0.717) is 46.1 Å². The van der Waals surface area contributed by atoms with E-state index in [2.05, 4.69) is 0 Å². The summed E-state index contributed by atoms with van der Waals surface area (Å²) in [5.74, 6) is 1.61. The molecular weight excluding hydrogens is 402 g/mol. The Balaban J connectivity index is 1.91. The van der Waals surface area contributed by atoms with Crippen molar-refractivity contribution in [3.8, 4) is 23.0 Å². The Morgan fingerprint density at radius 2 is 1.81 bits per heavy atom. The van der Waals surface area contributed by atoms with Crippen molar-refractivity contribution >= 4 is 22.6 Å². The highest BCUT2D eigenvalue weighted by atomic mass is 16.7. The summed E-state index contributed by atoms with van der Waals surface area (Å²) in [6.07, 6.45) is 1.49. The molecule has 0 spiro atoms. The number of carbonyl (C=O) groups excluding carboxylic acids is 1. The fraction of sp³-hybridized carbons (Fsp3) is 0.304. The number of benzene rings is 2. The van der Waals surface area contributed by atoms with Gasteiger partial charge in [-0.3, -0.25) is 4.79 Å². The number of methoxy groups -OCH3 is 2. The zero-order valence-corrected chi connectivity index (χ0v) is 17.8. The number of fused-ring (bicyclic) bond motifs is 2. The molecule has 1 aliphatic rings. The lowest BCUT2D eigenvalue weighted by molar-refractivity contribution is 0.0992. The maximum absolute atomic E-state index is 13.3. The van der Waals surface area contributed by atoms with Crippen LogP contribution in [0, 0.1) is 0 Å². The molecule has 31 heavy (non-hydrogen) atoms. The van der Waals surface area contributed by atoms with E-state index in [1.807, 2.05) is 6.92 Å². The van der Waals surface area contributed by atoms with Crippen LogP contribution in [-0.2, 0) is 6.42 Å².